The van der Waals surface area contributed by atoms with Gasteiger partial charge in [-0.2, -0.15) is 6.07 Å². The molecular formula is C33H46FeN2P2Si-6. The van der Waals surface area contributed by atoms with Gasteiger partial charge in [0, 0.05) is 55.1 Å². The van der Waals surface area contributed by atoms with Crippen LogP contribution in [0.25, 0.3) is 0 Å². The van der Waals surface area contributed by atoms with Gasteiger partial charge in [-0.1, -0.05) is 79.5 Å². The molecule has 0 radical (unpaired) electrons. The van der Waals surface area contributed by atoms with Gasteiger partial charge in [-0.3, -0.25) is 9.97 Å². The maximum Gasteiger partial charge on any atom is 0.0397 e. The molecule has 216 valence electrons. The molecule has 0 aliphatic carbocycles. The maximum atomic E-state index is 4.51. The molecular weight excluding hydrogens is 570 g/mol. The molecule has 0 bridgehead atoms. The Hall–Kier alpha value is -1.40. The zero-order valence-corrected chi connectivity index (χ0v) is 29.3. The summed E-state index contributed by atoms with van der Waals surface area (Å²) in [6.07, 6.45) is 8.87. The van der Waals surface area contributed by atoms with E-state index in [0.29, 0.717) is 0 Å². The average molecular weight is 617 g/mol. The molecule has 2 heterocycles. The molecule has 2 nitrogen and oxygen atoms in total. The van der Waals surface area contributed by atoms with E-state index in [-0.39, 0.29) is 40.5 Å². The van der Waals surface area contributed by atoms with Crippen molar-refractivity contribution in [3.8, 4) is 0 Å². The van der Waals surface area contributed by atoms with Crippen molar-refractivity contribution in [3.05, 3.63) is 114 Å². The molecule has 2 aromatic carbocycles. The number of hydrogen-bond acceptors (Lipinski definition) is 2. The second-order valence-electron chi connectivity index (χ2n) is 13.1. The summed E-state index contributed by atoms with van der Waals surface area (Å²) in [5.74, 6) is 0. The monoisotopic (exact) mass is 616 g/mol. The summed E-state index contributed by atoms with van der Waals surface area (Å²) in [5, 5.41) is 1.69. The second kappa shape index (κ2) is 13.5. The van der Waals surface area contributed by atoms with E-state index in [4.69, 9.17) is 0 Å². The van der Waals surface area contributed by atoms with Gasteiger partial charge in [-0.05, 0) is 33.6 Å². The summed E-state index contributed by atoms with van der Waals surface area (Å²) in [6, 6.07) is 23.5. The third-order valence-electron chi connectivity index (χ3n) is 7.00. The van der Waals surface area contributed by atoms with Gasteiger partial charge in [0.15, 0.2) is 0 Å². The second-order valence-corrected chi connectivity index (χ2v) is 22.9. The van der Waals surface area contributed by atoms with Crippen molar-refractivity contribution in [2.24, 2.45) is 0 Å². The van der Waals surface area contributed by atoms with Crippen LogP contribution in [-0.4, -0.2) is 28.4 Å². The van der Waals surface area contributed by atoms with E-state index in [1.54, 1.807) is 0 Å². The first-order valence-electron chi connectivity index (χ1n) is 13.5. The summed E-state index contributed by atoms with van der Waals surface area (Å²) >= 11 is 0. The minimum atomic E-state index is -1.50. The Morgan fingerprint density at radius 2 is 1.26 bits per heavy atom. The fourth-order valence-electron chi connectivity index (χ4n) is 5.13. The minimum absolute atomic E-state index is 0. The van der Waals surface area contributed by atoms with Crippen LogP contribution in [0.1, 0.15) is 63.8 Å². The summed E-state index contributed by atoms with van der Waals surface area (Å²) in [5.41, 5.74) is 5.26. The van der Waals surface area contributed by atoms with Crippen molar-refractivity contribution in [2.45, 2.75) is 82.8 Å². The Balaban J connectivity index is 0.000000797. The third kappa shape index (κ3) is 8.55. The first-order valence-corrected chi connectivity index (χ1v) is 19.1. The van der Waals surface area contributed by atoms with Crippen LogP contribution in [0, 0.1) is 0 Å². The molecule has 0 fully saturated rings. The van der Waals surface area contributed by atoms with Gasteiger partial charge in [-0.25, -0.2) is 11.3 Å². The van der Waals surface area contributed by atoms with Crippen LogP contribution >= 0.6 is 17.2 Å². The standard InChI is InChI=1S/C28H41N2P2Si.C5H5.Fe/c1-26(2,3)32(27(4,5)6)20-21-16-24(33(7,8)9)17-25(21)28(31,22-12-10-14-29-18-22)23-13-11-15-30-19-23;1-2-4-5-3-1;/h10-19H,20,31H2,1-9H3;1-5H;/q-1;-5;. The van der Waals surface area contributed by atoms with Gasteiger partial charge in [-0.15, -0.1) is 28.3 Å². The van der Waals surface area contributed by atoms with Crippen LogP contribution in [0.15, 0.2) is 91.5 Å². The molecule has 6 heteroatoms. The molecule has 0 amide bonds. The van der Waals surface area contributed by atoms with E-state index in [2.05, 4.69) is 105 Å². The average Bonchev–Trinajstić information content (AvgIpc) is 3.55. The molecule has 4 aromatic rings. The summed E-state index contributed by atoms with van der Waals surface area (Å²) in [4.78, 5) is 9.01. The van der Waals surface area contributed by atoms with Crippen molar-refractivity contribution in [1.29, 1.82) is 0 Å². The number of hydrogen-bond donors (Lipinski definition) is 0. The van der Waals surface area contributed by atoms with E-state index >= 15 is 0 Å². The van der Waals surface area contributed by atoms with Crippen molar-refractivity contribution in [1.82, 2.24) is 9.97 Å². The minimum Gasteiger partial charge on any atom is -0.748 e. The Bertz CT molecular complexity index is 1180. The first kappa shape index (κ1) is 33.8. The van der Waals surface area contributed by atoms with E-state index < -0.39 is 8.07 Å². The number of rotatable bonds is 6. The largest absolute Gasteiger partial charge is 0.748 e. The van der Waals surface area contributed by atoms with Gasteiger partial charge < -0.3 is 30.3 Å². The molecule has 1 atom stereocenters. The molecule has 0 saturated carbocycles. The predicted molar refractivity (Wildman–Crippen MR) is 175 cm³/mol. The van der Waals surface area contributed by atoms with E-state index in [0.717, 1.165) is 6.16 Å². The smallest absolute Gasteiger partial charge is 0.0397 e. The SMILES string of the molecule is CC(C)(C)P(C[c-]1cc([Si](C)(C)C)cc1C(P)(c1cccnc1)c1cccnc1)C(C)(C)C.[Fe].[cH-]1[cH-][cH-][cH-][cH-]1. The zero-order chi connectivity index (χ0) is 28.2. The van der Waals surface area contributed by atoms with Gasteiger partial charge in [0.1, 0.15) is 0 Å². The van der Waals surface area contributed by atoms with Gasteiger partial charge >= 0.3 is 0 Å². The Kier molecular flexibility index (Phi) is 11.7. The normalized spacial score (nSPS) is 12.5. The molecule has 4 rings (SSSR count). The van der Waals surface area contributed by atoms with Crippen molar-refractivity contribution in [3.63, 3.8) is 0 Å². The summed E-state index contributed by atoms with van der Waals surface area (Å²) in [7, 11) is 1.45. The fourth-order valence-corrected chi connectivity index (χ4v) is 10.5. The van der Waals surface area contributed by atoms with E-state index in [9.17, 15) is 0 Å². The van der Waals surface area contributed by atoms with Crippen LogP contribution in [0.2, 0.25) is 19.6 Å². The Morgan fingerprint density at radius 1 is 0.821 bits per heavy atom. The first-order chi connectivity index (χ1) is 17.6. The summed E-state index contributed by atoms with van der Waals surface area (Å²) < 4.78 is 0. The number of nitrogens with zero attached hydrogens (tertiary/aromatic N) is 2. The molecule has 0 saturated heterocycles. The summed E-state index contributed by atoms with van der Waals surface area (Å²) in [6.45, 7) is 21.9. The zero-order valence-electron chi connectivity index (χ0n) is 25.1. The number of aromatic nitrogens is 2. The van der Waals surface area contributed by atoms with Crippen LogP contribution in [0.5, 0.6) is 0 Å². The van der Waals surface area contributed by atoms with E-state index in [1.165, 1.54) is 27.4 Å². The predicted octanol–water partition coefficient (Wildman–Crippen LogP) is 8.89. The van der Waals surface area contributed by atoms with Gasteiger partial charge in [0.25, 0.3) is 0 Å². The molecule has 0 aliphatic heterocycles. The molecule has 1 unspecified atom stereocenters. The van der Waals surface area contributed by atoms with Crippen LogP contribution in [0.4, 0.5) is 0 Å². The Morgan fingerprint density at radius 3 is 1.59 bits per heavy atom. The van der Waals surface area contributed by atoms with Crippen LogP contribution in [0.3, 0.4) is 0 Å². The van der Waals surface area contributed by atoms with Crippen LogP contribution < -0.4 is 5.19 Å². The maximum absolute atomic E-state index is 4.51. The topological polar surface area (TPSA) is 25.8 Å². The van der Waals surface area contributed by atoms with Gasteiger partial charge in [0.05, 0.1) is 0 Å². The van der Waals surface area contributed by atoms with E-state index in [1.807, 2.05) is 67.3 Å². The number of pyridine rings is 2. The van der Waals surface area contributed by atoms with Gasteiger partial charge in [0.2, 0.25) is 0 Å². The van der Waals surface area contributed by atoms with Crippen molar-refractivity contribution in [2.75, 3.05) is 0 Å². The third-order valence-corrected chi connectivity index (χ3v) is 13.9. The van der Waals surface area contributed by atoms with Crippen molar-refractivity contribution >= 4 is 30.4 Å². The molecule has 39 heavy (non-hydrogen) atoms. The molecule has 0 N–H and O–H groups in total. The molecule has 2 aromatic heterocycles. The molecule has 0 aliphatic rings. The van der Waals surface area contributed by atoms with Crippen LogP contribution in [-0.2, 0) is 28.4 Å². The Labute approximate surface area is 253 Å². The quantitative estimate of drug-likeness (QED) is 0.123. The molecule has 0 spiro atoms. The van der Waals surface area contributed by atoms with Crippen molar-refractivity contribution < 1.29 is 17.1 Å². The fraction of sp³-hybridized carbons (Fsp3) is 0.394.